The first-order valence-electron chi connectivity index (χ1n) is 4.97. The zero-order chi connectivity index (χ0) is 10.8. The highest BCUT2D eigenvalue weighted by Gasteiger charge is 2.15. The second-order valence-corrected chi connectivity index (χ2v) is 3.78. The van der Waals surface area contributed by atoms with Crippen LogP contribution < -0.4 is 0 Å². The van der Waals surface area contributed by atoms with E-state index in [1.807, 2.05) is 32.0 Å². The summed E-state index contributed by atoms with van der Waals surface area (Å²) in [6, 6.07) is 9.60. The molecule has 0 saturated heterocycles. The second kappa shape index (κ2) is 3.91. The highest BCUT2D eigenvalue weighted by molar-refractivity contribution is 5.35. The van der Waals surface area contributed by atoms with Crippen LogP contribution in [0.1, 0.15) is 28.6 Å². The molecule has 0 spiro atoms. The third-order valence-electron chi connectivity index (χ3n) is 2.54. The van der Waals surface area contributed by atoms with Gasteiger partial charge in [-0.15, -0.1) is 0 Å². The average Bonchev–Trinajstić information content (AvgIpc) is 2.74. The van der Waals surface area contributed by atoms with Gasteiger partial charge in [0.1, 0.15) is 11.9 Å². The molecule has 0 bridgehead atoms. The van der Waals surface area contributed by atoms with Crippen LogP contribution in [0.15, 0.2) is 41.0 Å². The van der Waals surface area contributed by atoms with Gasteiger partial charge in [-0.05, 0) is 37.1 Å². The molecule has 1 atom stereocenters. The van der Waals surface area contributed by atoms with Crippen LogP contribution in [0.4, 0.5) is 0 Å². The molecule has 0 saturated carbocycles. The molecule has 2 rings (SSSR count). The minimum absolute atomic E-state index is 0.587. The van der Waals surface area contributed by atoms with E-state index in [1.54, 1.807) is 18.4 Å². The lowest BCUT2D eigenvalue weighted by molar-refractivity contribution is 0.188. The molecule has 2 aromatic rings. The summed E-state index contributed by atoms with van der Waals surface area (Å²) in [7, 11) is 0. The quantitative estimate of drug-likeness (QED) is 0.812. The highest BCUT2D eigenvalue weighted by Crippen LogP contribution is 2.25. The SMILES string of the molecule is Cc1ccc(C)c([C@H](O)c2ccco2)c1. The van der Waals surface area contributed by atoms with Gasteiger partial charge in [0.2, 0.25) is 0 Å². The zero-order valence-electron chi connectivity index (χ0n) is 8.90. The maximum atomic E-state index is 10.1. The summed E-state index contributed by atoms with van der Waals surface area (Å²) in [5.41, 5.74) is 3.12. The molecule has 0 radical (unpaired) electrons. The average molecular weight is 202 g/mol. The largest absolute Gasteiger partial charge is 0.466 e. The first-order valence-corrected chi connectivity index (χ1v) is 4.97. The molecular formula is C13H14O2. The topological polar surface area (TPSA) is 33.4 Å². The molecule has 1 heterocycles. The number of hydrogen-bond donors (Lipinski definition) is 1. The van der Waals surface area contributed by atoms with Crippen molar-refractivity contribution in [2.24, 2.45) is 0 Å². The second-order valence-electron chi connectivity index (χ2n) is 3.78. The molecule has 1 N–H and O–H groups in total. The summed E-state index contributed by atoms with van der Waals surface area (Å²) < 4.78 is 5.19. The molecule has 0 aliphatic carbocycles. The summed E-state index contributed by atoms with van der Waals surface area (Å²) in [5, 5.41) is 10.1. The molecule has 1 aromatic carbocycles. The Kier molecular flexibility index (Phi) is 2.60. The third kappa shape index (κ3) is 1.95. The Labute approximate surface area is 89.2 Å². The van der Waals surface area contributed by atoms with Crippen molar-refractivity contribution in [2.45, 2.75) is 20.0 Å². The van der Waals surface area contributed by atoms with Crippen LogP contribution in [-0.4, -0.2) is 5.11 Å². The van der Waals surface area contributed by atoms with Gasteiger partial charge in [0, 0.05) is 0 Å². The van der Waals surface area contributed by atoms with Gasteiger partial charge in [0.05, 0.1) is 6.26 Å². The Morgan fingerprint density at radius 1 is 1.20 bits per heavy atom. The van der Waals surface area contributed by atoms with E-state index in [9.17, 15) is 5.11 Å². The van der Waals surface area contributed by atoms with Gasteiger partial charge in [0.25, 0.3) is 0 Å². The van der Waals surface area contributed by atoms with Crippen molar-refractivity contribution in [3.8, 4) is 0 Å². The molecule has 2 heteroatoms. The molecular weight excluding hydrogens is 188 g/mol. The number of aliphatic hydroxyl groups excluding tert-OH is 1. The summed E-state index contributed by atoms with van der Waals surface area (Å²) in [6.45, 7) is 4.00. The Balaban J connectivity index is 2.41. The maximum Gasteiger partial charge on any atom is 0.137 e. The van der Waals surface area contributed by atoms with Gasteiger partial charge >= 0.3 is 0 Å². The molecule has 0 aliphatic heterocycles. The molecule has 15 heavy (non-hydrogen) atoms. The Hall–Kier alpha value is -1.54. The van der Waals surface area contributed by atoms with Crippen LogP contribution in [0.5, 0.6) is 0 Å². The number of rotatable bonds is 2. The van der Waals surface area contributed by atoms with Gasteiger partial charge in [-0.3, -0.25) is 0 Å². The number of aryl methyl sites for hydroxylation is 2. The van der Waals surface area contributed by atoms with Gasteiger partial charge in [-0.1, -0.05) is 23.8 Å². The number of aliphatic hydroxyl groups is 1. The fraction of sp³-hybridized carbons (Fsp3) is 0.231. The summed E-state index contributed by atoms with van der Waals surface area (Å²) in [6.07, 6.45) is 0.906. The van der Waals surface area contributed by atoms with Crippen LogP contribution in [0.25, 0.3) is 0 Å². The van der Waals surface area contributed by atoms with Crippen molar-refractivity contribution in [1.29, 1.82) is 0 Å². The lowest BCUT2D eigenvalue weighted by Gasteiger charge is -2.12. The first kappa shape index (κ1) is 9.99. The van der Waals surface area contributed by atoms with Crippen molar-refractivity contribution in [2.75, 3.05) is 0 Å². The van der Waals surface area contributed by atoms with Crippen LogP contribution >= 0.6 is 0 Å². The van der Waals surface area contributed by atoms with Crippen molar-refractivity contribution < 1.29 is 9.52 Å². The lowest BCUT2D eigenvalue weighted by atomic mass is 9.99. The molecule has 0 fully saturated rings. The lowest BCUT2D eigenvalue weighted by Crippen LogP contribution is -2.01. The molecule has 0 aliphatic rings. The molecule has 2 nitrogen and oxygen atoms in total. The number of benzene rings is 1. The minimum atomic E-state index is -0.667. The van der Waals surface area contributed by atoms with Crippen molar-refractivity contribution in [3.63, 3.8) is 0 Å². The van der Waals surface area contributed by atoms with Gasteiger partial charge < -0.3 is 9.52 Å². The van der Waals surface area contributed by atoms with E-state index >= 15 is 0 Å². The highest BCUT2D eigenvalue weighted by atomic mass is 16.4. The van der Waals surface area contributed by atoms with E-state index in [2.05, 4.69) is 0 Å². The van der Waals surface area contributed by atoms with Crippen molar-refractivity contribution in [3.05, 3.63) is 59.0 Å². The zero-order valence-corrected chi connectivity index (χ0v) is 8.90. The molecule has 0 amide bonds. The van der Waals surface area contributed by atoms with Crippen LogP contribution in [-0.2, 0) is 0 Å². The Morgan fingerprint density at radius 3 is 2.67 bits per heavy atom. The monoisotopic (exact) mass is 202 g/mol. The Bertz CT molecular complexity index is 444. The van der Waals surface area contributed by atoms with Gasteiger partial charge in [0.15, 0.2) is 0 Å². The smallest absolute Gasteiger partial charge is 0.137 e. The molecule has 78 valence electrons. The first-order chi connectivity index (χ1) is 7.18. The van der Waals surface area contributed by atoms with E-state index in [4.69, 9.17) is 4.42 Å². The van der Waals surface area contributed by atoms with E-state index in [0.717, 1.165) is 16.7 Å². The standard InChI is InChI=1S/C13H14O2/c1-9-5-6-10(2)11(8-9)13(14)12-4-3-7-15-12/h3-8,13-14H,1-2H3/t13-/m0/s1. The predicted octanol–water partition coefficient (Wildman–Crippen LogP) is 2.98. The maximum absolute atomic E-state index is 10.1. The number of furan rings is 1. The van der Waals surface area contributed by atoms with Crippen LogP contribution in [0.3, 0.4) is 0 Å². The van der Waals surface area contributed by atoms with Crippen LogP contribution in [0, 0.1) is 13.8 Å². The number of hydrogen-bond acceptors (Lipinski definition) is 2. The third-order valence-corrected chi connectivity index (χ3v) is 2.54. The van der Waals surface area contributed by atoms with Gasteiger partial charge in [-0.25, -0.2) is 0 Å². The summed E-state index contributed by atoms with van der Waals surface area (Å²) >= 11 is 0. The van der Waals surface area contributed by atoms with Crippen LogP contribution in [0.2, 0.25) is 0 Å². The molecule has 0 unspecified atom stereocenters. The predicted molar refractivity (Wildman–Crippen MR) is 58.7 cm³/mol. The van der Waals surface area contributed by atoms with E-state index in [1.165, 1.54) is 0 Å². The van der Waals surface area contributed by atoms with Crippen molar-refractivity contribution >= 4 is 0 Å². The van der Waals surface area contributed by atoms with E-state index in [-0.39, 0.29) is 0 Å². The normalized spacial score (nSPS) is 12.7. The van der Waals surface area contributed by atoms with E-state index in [0.29, 0.717) is 5.76 Å². The summed E-state index contributed by atoms with van der Waals surface area (Å²) in [5.74, 6) is 0.587. The fourth-order valence-corrected chi connectivity index (χ4v) is 1.65. The fourth-order valence-electron chi connectivity index (χ4n) is 1.65. The molecule has 1 aromatic heterocycles. The Morgan fingerprint density at radius 2 is 2.00 bits per heavy atom. The summed E-state index contributed by atoms with van der Waals surface area (Å²) in [4.78, 5) is 0. The van der Waals surface area contributed by atoms with Crippen molar-refractivity contribution in [1.82, 2.24) is 0 Å². The van der Waals surface area contributed by atoms with E-state index < -0.39 is 6.10 Å². The van der Waals surface area contributed by atoms with Gasteiger partial charge in [-0.2, -0.15) is 0 Å². The minimum Gasteiger partial charge on any atom is -0.466 e.